The quantitative estimate of drug-likeness (QED) is 0.118. The molecular weight excluding hydrogens is 608 g/mol. The summed E-state index contributed by atoms with van der Waals surface area (Å²) in [5, 5.41) is 0. The van der Waals surface area contributed by atoms with Crippen LogP contribution in [0.3, 0.4) is 0 Å². The molecule has 3 unspecified atom stereocenters. The molecular formula is C39H57N2O7+. The van der Waals surface area contributed by atoms with Crippen molar-refractivity contribution >= 4 is 17.9 Å². The average Bonchev–Trinajstić information content (AvgIpc) is 3.82. The maximum atomic E-state index is 14.4. The molecule has 9 heteroatoms. The van der Waals surface area contributed by atoms with E-state index in [-0.39, 0.29) is 25.0 Å². The zero-order valence-electron chi connectivity index (χ0n) is 29.7. The zero-order chi connectivity index (χ0) is 34.6. The molecule has 4 fully saturated rings. The summed E-state index contributed by atoms with van der Waals surface area (Å²) in [7, 11) is 1.98. The second-order valence-electron chi connectivity index (χ2n) is 13.0. The van der Waals surface area contributed by atoms with Crippen LogP contribution in [-0.4, -0.2) is 91.6 Å². The van der Waals surface area contributed by atoms with Gasteiger partial charge in [0.2, 0.25) is 5.60 Å². The number of likely N-dealkylation sites (N-methyl/N-ethyl adjacent to an activating group) is 1. The highest BCUT2D eigenvalue weighted by molar-refractivity contribution is 5.86. The first-order chi connectivity index (χ1) is 23.4. The van der Waals surface area contributed by atoms with E-state index in [2.05, 4.69) is 4.90 Å². The molecule has 0 N–H and O–H groups in total. The van der Waals surface area contributed by atoms with Crippen LogP contribution < -0.4 is 0 Å². The third-order valence-corrected chi connectivity index (χ3v) is 10.4. The standard InChI is InChI=1S/C35H45N2O7.2C2H6/c1-36-19-18-30(24-36)43-33(39)17-16-32(38)41-25-42-35(26-10-4-2-5-11-26,27-12-6-3-7-13-27)34(40)44-31-22-28-14-15-29(23-31)37(28)20-8-9-21-37;2*1-2/h2-7,10-13,28-31H,8-9,14-25H2,1H3;2*1-2H3/q+1;;. The Morgan fingerprint density at radius 1 is 0.750 bits per heavy atom. The molecule has 0 aliphatic carbocycles. The van der Waals surface area contributed by atoms with Crippen molar-refractivity contribution in [3.63, 3.8) is 0 Å². The van der Waals surface area contributed by atoms with E-state index < -0.39 is 30.3 Å². The normalized spacial score (nSPS) is 24.1. The molecule has 4 heterocycles. The number of carbonyl (C=O) groups is 3. The third-order valence-electron chi connectivity index (χ3n) is 10.4. The summed E-state index contributed by atoms with van der Waals surface area (Å²) in [6, 6.07) is 19.6. The summed E-state index contributed by atoms with van der Waals surface area (Å²) >= 11 is 0. The van der Waals surface area contributed by atoms with Crippen molar-refractivity contribution in [3.8, 4) is 0 Å². The molecule has 4 saturated heterocycles. The molecule has 3 atom stereocenters. The van der Waals surface area contributed by atoms with Gasteiger partial charge in [0.1, 0.15) is 12.2 Å². The highest BCUT2D eigenvalue weighted by Crippen LogP contribution is 2.47. The minimum absolute atomic E-state index is 0.0758. The lowest BCUT2D eigenvalue weighted by atomic mass is 9.85. The van der Waals surface area contributed by atoms with Crippen LogP contribution in [0.2, 0.25) is 0 Å². The molecule has 1 spiro atoms. The monoisotopic (exact) mass is 665 g/mol. The number of esters is 3. The molecule has 2 aromatic carbocycles. The van der Waals surface area contributed by atoms with Crippen LogP contribution in [0.25, 0.3) is 0 Å². The number of likely N-dealkylation sites (tertiary alicyclic amines) is 1. The highest BCUT2D eigenvalue weighted by Gasteiger charge is 2.57. The van der Waals surface area contributed by atoms with E-state index in [4.69, 9.17) is 18.9 Å². The number of ether oxygens (including phenoxy) is 4. The molecule has 0 amide bonds. The van der Waals surface area contributed by atoms with Gasteiger partial charge in [-0.15, -0.1) is 0 Å². The molecule has 48 heavy (non-hydrogen) atoms. The van der Waals surface area contributed by atoms with Gasteiger partial charge in [0.25, 0.3) is 0 Å². The first-order valence-electron chi connectivity index (χ1n) is 18.3. The second-order valence-corrected chi connectivity index (χ2v) is 13.0. The lowest BCUT2D eigenvalue weighted by Gasteiger charge is -2.47. The van der Waals surface area contributed by atoms with Crippen LogP contribution in [0.4, 0.5) is 0 Å². The Kier molecular flexibility index (Phi) is 14.0. The van der Waals surface area contributed by atoms with E-state index >= 15 is 0 Å². The topological polar surface area (TPSA) is 91.4 Å². The summed E-state index contributed by atoms with van der Waals surface area (Å²) in [4.78, 5) is 41.4. The van der Waals surface area contributed by atoms with Crippen molar-refractivity contribution in [2.75, 3.05) is 40.0 Å². The van der Waals surface area contributed by atoms with E-state index in [0.717, 1.165) is 25.8 Å². The maximum absolute atomic E-state index is 14.4. The lowest BCUT2D eigenvalue weighted by molar-refractivity contribution is -0.956. The Labute approximate surface area is 287 Å². The Bertz CT molecular complexity index is 1240. The minimum atomic E-state index is -1.63. The number of rotatable bonds is 11. The van der Waals surface area contributed by atoms with Gasteiger partial charge in [0, 0.05) is 51.6 Å². The van der Waals surface area contributed by atoms with Gasteiger partial charge in [-0.3, -0.25) is 9.59 Å². The highest BCUT2D eigenvalue weighted by atomic mass is 16.7. The molecule has 2 bridgehead atoms. The van der Waals surface area contributed by atoms with E-state index in [9.17, 15) is 14.4 Å². The Morgan fingerprint density at radius 2 is 1.29 bits per heavy atom. The molecule has 6 rings (SSSR count). The third kappa shape index (κ3) is 8.47. The van der Waals surface area contributed by atoms with Gasteiger partial charge in [0.05, 0.1) is 38.0 Å². The average molecular weight is 666 g/mol. The lowest BCUT2D eigenvalue weighted by Crippen LogP contribution is -2.60. The molecule has 2 aromatic rings. The fraction of sp³-hybridized carbons (Fsp3) is 0.615. The SMILES string of the molecule is CC.CC.CN1CCC(OC(=O)CCC(=O)OCOC(C(=O)OC2CC3CCC(C2)[N+]32CCCC2)(c2ccccc2)c2ccccc2)C1. The molecule has 4 aliphatic rings. The van der Waals surface area contributed by atoms with E-state index in [0.29, 0.717) is 29.8 Å². The Hall–Kier alpha value is -3.27. The first-order valence-corrected chi connectivity index (χ1v) is 18.3. The molecule has 264 valence electrons. The number of carbonyl (C=O) groups excluding carboxylic acids is 3. The fourth-order valence-electron chi connectivity index (χ4n) is 8.21. The van der Waals surface area contributed by atoms with Crippen molar-refractivity contribution in [3.05, 3.63) is 71.8 Å². The predicted molar refractivity (Wildman–Crippen MR) is 185 cm³/mol. The second kappa shape index (κ2) is 17.9. The van der Waals surface area contributed by atoms with Crippen LogP contribution in [0, 0.1) is 0 Å². The zero-order valence-corrected chi connectivity index (χ0v) is 29.7. The number of piperidine rings is 1. The van der Waals surface area contributed by atoms with Gasteiger partial charge in [0.15, 0.2) is 6.79 Å². The molecule has 0 radical (unpaired) electrons. The number of hydrogen-bond donors (Lipinski definition) is 0. The predicted octanol–water partition coefficient (Wildman–Crippen LogP) is 6.37. The van der Waals surface area contributed by atoms with Crippen LogP contribution in [0.5, 0.6) is 0 Å². The van der Waals surface area contributed by atoms with Crippen LogP contribution in [0.1, 0.15) is 96.6 Å². The molecule has 9 nitrogen and oxygen atoms in total. The molecule has 4 aliphatic heterocycles. The Morgan fingerprint density at radius 3 is 1.81 bits per heavy atom. The number of hydrogen-bond acceptors (Lipinski definition) is 8. The summed E-state index contributed by atoms with van der Waals surface area (Å²) in [5.41, 5.74) is -0.439. The van der Waals surface area contributed by atoms with Crippen LogP contribution in [-0.2, 0) is 38.9 Å². The van der Waals surface area contributed by atoms with Crippen LogP contribution in [0.15, 0.2) is 60.7 Å². The smallest absolute Gasteiger partial charge is 0.348 e. The number of quaternary nitrogens is 1. The Balaban J connectivity index is 0.00000125. The van der Waals surface area contributed by atoms with Gasteiger partial charge < -0.3 is 28.3 Å². The van der Waals surface area contributed by atoms with E-state index in [1.54, 1.807) is 0 Å². The first kappa shape index (κ1) is 37.5. The van der Waals surface area contributed by atoms with Crippen LogP contribution >= 0.6 is 0 Å². The summed E-state index contributed by atoms with van der Waals surface area (Å²) in [5.74, 6) is -1.53. The summed E-state index contributed by atoms with van der Waals surface area (Å²) < 4.78 is 24.8. The number of nitrogens with zero attached hydrogens (tertiary/aromatic N) is 2. The fourth-order valence-corrected chi connectivity index (χ4v) is 8.21. The van der Waals surface area contributed by atoms with Gasteiger partial charge in [-0.25, -0.2) is 4.79 Å². The van der Waals surface area contributed by atoms with Crippen molar-refractivity contribution in [1.82, 2.24) is 4.90 Å². The van der Waals surface area contributed by atoms with E-state index in [1.807, 2.05) is 95.4 Å². The number of benzene rings is 2. The van der Waals surface area contributed by atoms with Crippen molar-refractivity contribution < 1.29 is 37.8 Å². The van der Waals surface area contributed by atoms with Crippen molar-refractivity contribution in [2.45, 2.75) is 115 Å². The largest absolute Gasteiger partial charge is 0.461 e. The van der Waals surface area contributed by atoms with E-state index in [1.165, 1.54) is 43.3 Å². The van der Waals surface area contributed by atoms with Gasteiger partial charge >= 0.3 is 17.9 Å². The summed E-state index contributed by atoms with van der Waals surface area (Å²) in [6.45, 7) is 11.6. The summed E-state index contributed by atoms with van der Waals surface area (Å²) in [6.07, 6.45) is 6.94. The molecule has 0 saturated carbocycles. The minimum Gasteiger partial charge on any atom is -0.461 e. The maximum Gasteiger partial charge on any atom is 0.348 e. The molecule has 0 aromatic heterocycles. The van der Waals surface area contributed by atoms with Gasteiger partial charge in [-0.05, 0) is 24.6 Å². The van der Waals surface area contributed by atoms with Gasteiger partial charge in [-0.1, -0.05) is 88.4 Å². The van der Waals surface area contributed by atoms with Gasteiger partial charge in [-0.2, -0.15) is 0 Å². The van der Waals surface area contributed by atoms with Crippen molar-refractivity contribution in [2.24, 2.45) is 0 Å². The van der Waals surface area contributed by atoms with Crippen molar-refractivity contribution in [1.29, 1.82) is 0 Å².